The van der Waals surface area contributed by atoms with Gasteiger partial charge in [0.1, 0.15) is 16.7 Å². The summed E-state index contributed by atoms with van der Waals surface area (Å²) < 4.78 is 1.61. The van der Waals surface area contributed by atoms with Crippen molar-refractivity contribution in [1.82, 2.24) is 30.2 Å². The zero-order valence-corrected chi connectivity index (χ0v) is 10.9. The first-order valence-corrected chi connectivity index (χ1v) is 5.86. The van der Waals surface area contributed by atoms with E-state index in [2.05, 4.69) is 30.8 Å². The van der Waals surface area contributed by atoms with Crippen LogP contribution in [0.4, 0.5) is 5.82 Å². The average Bonchev–Trinajstić information content (AvgIpc) is 2.69. The highest BCUT2D eigenvalue weighted by molar-refractivity contribution is 7.99. The van der Waals surface area contributed by atoms with E-state index < -0.39 is 0 Å². The molecule has 2 aromatic heterocycles. The van der Waals surface area contributed by atoms with Crippen LogP contribution in [0.2, 0.25) is 0 Å². The van der Waals surface area contributed by atoms with Crippen molar-refractivity contribution in [2.24, 2.45) is 7.05 Å². The van der Waals surface area contributed by atoms with E-state index in [-0.39, 0.29) is 0 Å². The second-order valence-electron chi connectivity index (χ2n) is 3.49. The molecule has 8 heteroatoms. The van der Waals surface area contributed by atoms with E-state index in [0.717, 1.165) is 22.2 Å². The third kappa shape index (κ3) is 2.36. The summed E-state index contributed by atoms with van der Waals surface area (Å²) in [6, 6.07) is 0. The Kier molecular flexibility index (Phi) is 3.23. The van der Waals surface area contributed by atoms with Crippen LogP contribution in [0.3, 0.4) is 0 Å². The molecule has 0 spiro atoms. The Bertz CT molecular complexity index is 536. The third-order valence-electron chi connectivity index (χ3n) is 2.22. The van der Waals surface area contributed by atoms with Crippen molar-refractivity contribution >= 4 is 17.6 Å². The van der Waals surface area contributed by atoms with E-state index in [1.54, 1.807) is 11.7 Å². The van der Waals surface area contributed by atoms with Crippen LogP contribution >= 0.6 is 11.8 Å². The quantitative estimate of drug-likeness (QED) is 0.808. The molecule has 90 valence electrons. The summed E-state index contributed by atoms with van der Waals surface area (Å²) in [6.45, 7) is 3.83. The Hall–Kier alpha value is -1.70. The molecule has 0 amide bonds. The molecule has 0 bridgehead atoms. The minimum atomic E-state index is 0.702. The summed E-state index contributed by atoms with van der Waals surface area (Å²) in [5.41, 5.74) is 0.992. The van der Waals surface area contributed by atoms with Crippen molar-refractivity contribution in [3.05, 3.63) is 11.4 Å². The molecule has 7 nitrogen and oxygen atoms in total. The maximum absolute atomic E-state index is 4.40. The van der Waals surface area contributed by atoms with Crippen LogP contribution in [0.5, 0.6) is 0 Å². The molecule has 0 aliphatic carbocycles. The number of nitrogens with zero attached hydrogens (tertiary/aromatic N) is 6. The molecule has 0 fully saturated rings. The molecule has 2 rings (SSSR count). The molecular weight excluding hydrogens is 238 g/mol. The molecule has 0 saturated carbocycles. The normalized spacial score (nSPS) is 10.6. The molecule has 0 radical (unpaired) electrons. The van der Waals surface area contributed by atoms with E-state index >= 15 is 0 Å². The lowest BCUT2D eigenvalue weighted by Gasteiger charge is -2.09. The highest BCUT2D eigenvalue weighted by Gasteiger charge is 2.12. The standard InChI is InChI=1S/C9H13N7S/c1-5-7(10-3)11-6(2)12-8(5)17-9-13-14-15-16(9)4/h1-4H3,(H,10,11,12). The molecule has 0 saturated heterocycles. The van der Waals surface area contributed by atoms with Crippen LogP contribution in [0.15, 0.2) is 10.2 Å². The number of hydrogen-bond acceptors (Lipinski definition) is 7. The summed E-state index contributed by atoms with van der Waals surface area (Å²) in [4.78, 5) is 8.71. The first-order chi connectivity index (χ1) is 8.11. The molecule has 2 heterocycles. The zero-order valence-electron chi connectivity index (χ0n) is 10.1. The second-order valence-corrected chi connectivity index (χ2v) is 4.44. The van der Waals surface area contributed by atoms with Gasteiger partial charge >= 0.3 is 0 Å². The molecule has 0 atom stereocenters. The van der Waals surface area contributed by atoms with Gasteiger partial charge < -0.3 is 5.32 Å². The second kappa shape index (κ2) is 4.66. The van der Waals surface area contributed by atoms with Gasteiger partial charge in [-0.05, 0) is 36.0 Å². The highest BCUT2D eigenvalue weighted by atomic mass is 32.2. The van der Waals surface area contributed by atoms with Crippen molar-refractivity contribution < 1.29 is 0 Å². The van der Waals surface area contributed by atoms with Crippen LogP contribution in [0.1, 0.15) is 11.4 Å². The number of rotatable bonds is 3. The van der Waals surface area contributed by atoms with E-state index in [9.17, 15) is 0 Å². The number of hydrogen-bond donors (Lipinski definition) is 1. The van der Waals surface area contributed by atoms with E-state index in [1.807, 2.05) is 20.9 Å². The highest BCUT2D eigenvalue weighted by Crippen LogP contribution is 2.28. The van der Waals surface area contributed by atoms with Crippen molar-refractivity contribution in [2.45, 2.75) is 24.0 Å². The lowest BCUT2D eigenvalue weighted by atomic mass is 10.3. The lowest BCUT2D eigenvalue weighted by Crippen LogP contribution is -2.02. The Balaban J connectivity index is 2.39. The van der Waals surface area contributed by atoms with E-state index in [4.69, 9.17) is 0 Å². The SMILES string of the molecule is CNc1nc(C)nc(Sc2nnnn2C)c1C. The third-order valence-corrected chi connectivity index (χ3v) is 3.34. The summed E-state index contributed by atoms with van der Waals surface area (Å²) in [5, 5.41) is 15.9. The van der Waals surface area contributed by atoms with Crippen molar-refractivity contribution in [1.29, 1.82) is 0 Å². The van der Waals surface area contributed by atoms with E-state index in [1.165, 1.54) is 11.8 Å². The minimum Gasteiger partial charge on any atom is -0.373 e. The molecule has 2 aromatic rings. The molecule has 1 N–H and O–H groups in total. The number of nitrogens with one attached hydrogen (secondary N) is 1. The fraction of sp³-hybridized carbons (Fsp3) is 0.444. The molecule has 0 aliphatic heterocycles. The predicted octanol–water partition coefficient (Wildman–Crippen LogP) is 0.810. The fourth-order valence-electron chi connectivity index (χ4n) is 1.34. The van der Waals surface area contributed by atoms with Crippen LogP contribution in [0, 0.1) is 13.8 Å². The van der Waals surface area contributed by atoms with Gasteiger partial charge in [-0.25, -0.2) is 14.6 Å². The number of aromatic nitrogens is 6. The summed E-state index contributed by atoms with van der Waals surface area (Å²) in [5.74, 6) is 1.55. The van der Waals surface area contributed by atoms with Gasteiger partial charge in [-0.3, -0.25) is 0 Å². The van der Waals surface area contributed by atoms with Gasteiger partial charge in [0.15, 0.2) is 0 Å². The van der Waals surface area contributed by atoms with Crippen molar-refractivity contribution in [3.63, 3.8) is 0 Å². The van der Waals surface area contributed by atoms with Crippen LogP contribution < -0.4 is 5.32 Å². The average molecular weight is 251 g/mol. The molecule has 0 aliphatic rings. The monoisotopic (exact) mass is 251 g/mol. The Morgan fingerprint density at radius 1 is 1.24 bits per heavy atom. The van der Waals surface area contributed by atoms with Gasteiger partial charge in [0.25, 0.3) is 0 Å². The zero-order chi connectivity index (χ0) is 12.4. The fourth-order valence-corrected chi connectivity index (χ4v) is 2.19. The van der Waals surface area contributed by atoms with E-state index in [0.29, 0.717) is 5.16 Å². The smallest absolute Gasteiger partial charge is 0.215 e. The van der Waals surface area contributed by atoms with Gasteiger partial charge in [-0.1, -0.05) is 0 Å². The first-order valence-electron chi connectivity index (χ1n) is 5.05. The molecule has 0 aromatic carbocycles. The maximum atomic E-state index is 4.40. The van der Waals surface area contributed by atoms with Crippen molar-refractivity contribution in [2.75, 3.05) is 12.4 Å². The van der Waals surface area contributed by atoms with Crippen LogP contribution in [0.25, 0.3) is 0 Å². The van der Waals surface area contributed by atoms with Crippen LogP contribution in [-0.2, 0) is 7.05 Å². The largest absolute Gasteiger partial charge is 0.373 e. The van der Waals surface area contributed by atoms with Gasteiger partial charge in [0, 0.05) is 19.7 Å². The lowest BCUT2D eigenvalue weighted by molar-refractivity contribution is 0.664. The maximum Gasteiger partial charge on any atom is 0.215 e. The Morgan fingerprint density at radius 3 is 2.59 bits per heavy atom. The number of tetrazole rings is 1. The topological polar surface area (TPSA) is 81.4 Å². The summed E-state index contributed by atoms with van der Waals surface area (Å²) in [6.07, 6.45) is 0. The molecular formula is C9H13N7S. The van der Waals surface area contributed by atoms with Gasteiger partial charge in [0.05, 0.1) is 0 Å². The summed E-state index contributed by atoms with van der Waals surface area (Å²) in [7, 11) is 3.64. The Morgan fingerprint density at radius 2 is 2.00 bits per heavy atom. The van der Waals surface area contributed by atoms with Gasteiger partial charge in [-0.2, -0.15) is 0 Å². The molecule has 17 heavy (non-hydrogen) atoms. The van der Waals surface area contributed by atoms with Crippen molar-refractivity contribution in [3.8, 4) is 0 Å². The Labute approximate surface area is 103 Å². The van der Waals surface area contributed by atoms with Crippen LogP contribution in [-0.4, -0.2) is 37.2 Å². The number of anilines is 1. The predicted molar refractivity (Wildman–Crippen MR) is 64.0 cm³/mol. The molecule has 0 unspecified atom stereocenters. The van der Waals surface area contributed by atoms with Gasteiger partial charge in [-0.15, -0.1) is 5.10 Å². The van der Waals surface area contributed by atoms with Gasteiger partial charge in [0.2, 0.25) is 5.16 Å². The first kappa shape index (κ1) is 11.8. The summed E-state index contributed by atoms with van der Waals surface area (Å²) >= 11 is 1.43. The number of aryl methyl sites for hydroxylation is 2. The minimum absolute atomic E-state index is 0.702.